The van der Waals surface area contributed by atoms with Crippen LogP contribution in [0.1, 0.15) is 19.3 Å². The van der Waals surface area contributed by atoms with Gasteiger partial charge in [-0.05, 0) is 19.3 Å². The van der Waals surface area contributed by atoms with Crippen LogP contribution in [0.3, 0.4) is 0 Å². The van der Waals surface area contributed by atoms with Crippen LogP contribution >= 0.6 is 0 Å². The smallest absolute Gasteiger partial charge is 0.0542 e. The Balaban J connectivity index is 2.31. The summed E-state index contributed by atoms with van der Waals surface area (Å²) in [6.45, 7) is 0.749. The highest BCUT2D eigenvalue weighted by Gasteiger charge is 2.19. The lowest BCUT2D eigenvalue weighted by Gasteiger charge is -2.05. The van der Waals surface area contributed by atoms with Gasteiger partial charge in [-0.2, -0.15) is 0 Å². The maximum atomic E-state index is 7.43. The maximum Gasteiger partial charge on any atom is 0.0542 e. The van der Waals surface area contributed by atoms with E-state index in [4.69, 9.17) is 10.1 Å². The molecule has 0 bridgehead atoms. The van der Waals surface area contributed by atoms with Gasteiger partial charge in [0.05, 0.1) is 6.61 Å². The van der Waals surface area contributed by atoms with Gasteiger partial charge in [0.15, 0.2) is 0 Å². The van der Waals surface area contributed by atoms with Gasteiger partial charge in [-0.1, -0.05) is 0 Å². The topological polar surface area (TPSA) is 33.1 Å². The summed E-state index contributed by atoms with van der Waals surface area (Å²) in [6, 6.07) is 0. The van der Waals surface area contributed by atoms with Crippen LogP contribution in [-0.4, -0.2) is 19.4 Å². The zero-order valence-electron chi connectivity index (χ0n) is 5.81. The third-order valence-electron chi connectivity index (χ3n) is 1.86. The minimum absolute atomic E-state index is 0.440. The van der Waals surface area contributed by atoms with Crippen molar-refractivity contribution in [2.45, 2.75) is 19.3 Å². The molecule has 1 rings (SSSR count). The molecular weight excluding hydrogens is 114 g/mol. The highest BCUT2D eigenvalue weighted by molar-refractivity contribution is 5.85. The molecule has 0 heterocycles. The van der Waals surface area contributed by atoms with Crippen molar-refractivity contribution in [3.05, 3.63) is 0 Å². The molecule has 0 radical (unpaired) electrons. The van der Waals surface area contributed by atoms with Crippen LogP contribution in [0.4, 0.5) is 0 Å². The van der Waals surface area contributed by atoms with E-state index in [0.717, 1.165) is 25.2 Å². The van der Waals surface area contributed by atoms with Gasteiger partial charge in [0.2, 0.25) is 0 Å². The standard InChI is InChI=1S/C7H13NO/c1-9-5-6-3-2-4-7(6)8/h6,8H,2-5H2,1H3. The highest BCUT2D eigenvalue weighted by Crippen LogP contribution is 2.21. The molecule has 0 aliphatic heterocycles. The van der Waals surface area contributed by atoms with Crippen molar-refractivity contribution in [1.29, 1.82) is 5.41 Å². The molecule has 0 amide bonds. The first-order valence-corrected chi connectivity index (χ1v) is 3.41. The first-order valence-electron chi connectivity index (χ1n) is 3.41. The highest BCUT2D eigenvalue weighted by atomic mass is 16.5. The van der Waals surface area contributed by atoms with Gasteiger partial charge in [-0.25, -0.2) is 0 Å². The molecule has 2 nitrogen and oxygen atoms in total. The van der Waals surface area contributed by atoms with Crippen LogP contribution in [0.15, 0.2) is 0 Å². The third kappa shape index (κ3) is 1.52. The van der Waals surface area contributed by atoms with Crippen LogP contribution in [0.2, 0.25) is 0 Å². The summed E-state index contributed by atoms with van der Waals surface area (Å²) in [7, 11) is 1.70. The van der Waals surface area contributed by atoms with Gasteiger partial charge in [0.25, 0.3) is 0 Å². The Morgan fingerprint density at radius 2 is 2.56 bits per heavy atom. The van der Waals surface area contributed by atoms with Crippen molar-refractivity contribution in [2.24, 2.45) is 5.92 Å². The number of ether oxygens (including phenoxy) is 1. The molecule has 1 aliphatic carbocycles. The number of nitrogens with one attached hydrogen (secondary N) is 1. The molecule has 2 heteroatoms. The van der Waals surface area contributed by atoms with Crippen LogP contribution in [0, 0.1) is 11.3 Å². The average molecular weight is 127 g/mol. The van der Waals surface area contributed by atoms with E-state index in [1.54, 1.807) is 7.11 Å². The van der Waals surface area contributed by atoms with Crippen molar-refractivity contribution >= 4 is 5.71 Å². The van der Waals surface area contributed by atoms with Gasteiger partial charge >= 0.3 is 0 Å². The van der Waals surface area contributed by atoms with Gasteiger partial charge in [0.1, 0.15) is 0 Å². The second-order valence-corrected chi connectivity index (χ2v) is 2.57. The van der Waals surface area contributed by atoms with Crippen LogP contribution in [0.5, 0.6) is 0 Å². The maximum absolute atomic E-state index is 7.43. The van der Waals surface area contributed by atoms with Crippen LogP contribution in [-0.2, 0) is 4.74 Å². The molecule has 1 aliphatic rings. The normalized spacial score (nSPS) is 27.2. The quantitative estimate of drug-likeness (QED) is 0.598. The van der Waals surface area contributed by atoms with Gasteiger partial charge in [-0.15, -0.1) is 0 Å². The van der Waals surface area contributed by atoms with Crippen LogP contribution in [0.25, 0.3) is 0 Å². The molecular formula is C7H13NO. The molecule has 0 spiro atoms. The second kappa shape index (κ2) is 2.97. The Labute approximate surface area is 55.7 Å². The number of hydrogen-bond acceptors (Lipinski definition) is 2. The minimum Gasteiger partial charge on any atom is -0.384 e. The van der Waals surface area contributed by atoms with Crippen molar-refractivity contribution in [2.75, 3.05) is 13.7 Å². The Bertz CT molecular complexity index is 111. The summed E-state index contributed by atoms with van der Waals surface area (Å²) in [5.74, 6) is 0.440. The second-order valence-electron chi connectivity index (χ2n) is 2.57. The van der Waals surface area contributed by atoms with E-state index < -0.39 is 0 Å². The molecule has 9 heavy (non-hydrogen) atoms. The molecule has 1 atom stereocenters. The van der Waals surface area contributed by atoms with Crippen molar-refractivity contribution in [3.8, 4) is 0 Å². The lowest BCUT2D eigenvalue weighted by molar-refractivity contribution is 0.176. The average Bonchev–Trinajstić information content (AvgIpc) is 2.18. The fourth-order valence-corrected chi connectivity index (χ4v) is 1.30. The summed E-state index contributed by atoms with van der Waals surface area (Å²) < 4.78 is 4.96. The molecule has 0 aromatic carbocycles. The first kappa shape index (κ1) is 6.75. The van der Waals surface area contributed by atoms with Crippen LogP contribution < -0.4 is 0 Å². The summed E-state index contributed by atoms with van der Waals surface area (Å²) >= 11 is 0. The van der Waals surface area contributed by atoms with E-state index in [-0.39, 0.29) is 0 Å². The van der Waals surface area contributed by atoms with Crippen molar-refractivity contribution in [3.63, 3.8) is 0 Å². The predicted octanol–water partition coefficient (Wildman–Crippen LogP) is 1.45. The molecule has 1 saturated carbocycles. The van der Waals surface area contributed by atoms with E-state index in [1.807, 2.05) is 0 Å². The first-order chi connectivity index (χ1) is 4.34. The summed E-state index contributed by atoms with van der Waals surface area (Å²) in [5, 5.41) is 7.43. The molecule has 0 aromatic rings. The third-order valence-corrected chi connectivity index (χ3v) is 1.86. The number of hydrogen-bond donors (Lipinski definition) is 1. The summed E-state index contributed by atoms with van der Waals surface area (Å²) in [5.41, 5.74) is 0.886. The molecule has 0 saturated heterocycles. The zero-order valence-corrected chi connectivity index (χ0v) is 5.81. The lowest BCUT2D eigenvalue weighted by atomic mass is 10.1. The van der Waals surface area contributed by atoms with Gasteiger partial charge in [0, 0.05) is 18.7 Å². The summed E-state index contributed by atoms with van der Waals surface area (Å²) in [4.78, 5) is 0. The fraction of sp³-hybridized carbons (Fsp3) is 0.857. The Hall–Kier alpha value is -0.370. The van der Waals surface area contributed by atoms with Crippen molar-refractivity contribution < 1.29 is 4.74 Å². The molecule has 1 unspecified atom stereocenters. The molecule has 1 fully saturated rings. The Morgan fingerprint density at radius 1 is 1.78 bits per heavy atom. The SMILES string of the molecule is COCC1CCCC1=N. The Morgan fingerprint density at radius 3 is 3.00 bits per heavy atom. The summed E-state index contributed by atoms with van der Waals surface area (Å²) in [6.07, 6.45) is 3.34. The molecule has 1 N–H and O–H groups in total. The fourth-order valence-electron chi connectivity index (χ4n) is 1.30. The lowest BCUT2D eigenvalue weighted by Crippen LogP contribution is -2.11. The van der Waals surface area contributed by atoms with E-state index in [0.29, 0.717) is 5.92 Å². The van der Waals surface area contributed by atoms with E-state index in [1.165, 1.54) is 6.42 Å². The van der Waals surface area contributed by atoms with Crippen molar-refractivity contribution in [1.82, 2.24) is 0 Å². The van der Waals surface area contributed by atoms with Gasteiger partial charge in [-0.3, -0.25) is 0 Å². The van der Waals surface area contributed by atoms with E-state index >= 15 is 0 Å². The van der Waals surface area contributed by atoms with E-state index in [9.17, 15) is 0 Å². The largest absolute Gasteiger partial charge is 0.384 e. The predicted molar refractivity (Wildman–Crippen MR) is 36.9 cm³/mol. The minimum atomic E-state index is 0.440. The molecule has 52 valence electrons. The van der Waals surface area contributed by atoms with Gasteiger partial charge < -0.3 is 10.1 Å². The number of methoxy groups -OCH3 is 1. The monoisotopic (exact) mass is 127 g/mol. The number of rotatable bonds is 2. The van der Waals surface area contributed by atoms with E-state index in [2.05, 4.69) is 0 Å². The zero-order chi connectivity index (χ0) is 6.69. The Kier molecular flexibility index (Phi) is 2.22. The molecule has 0 aromatic heterocycles.